The summed E-state index contributed by atoms with van der Waals surface area (Å²) in [6.07, 6.45) is 1.84. The van der Waals surface area contributed by atoms with Crippen LogP contribution in [0, 0.1) is 13.8 Å². The number of nitrogens with zero attached hydrogens (tertiary/aromatic N) is 1. The first-order valence-electron chi connectivity index (χ1n) is 6.45. The monoisotopic (exact) mass is 256 g/mol. The summed E-state index contributed by atoms with van der Waals surface area (Å²) in [6.45, 7) is 6.00. The van der Waals surface area contributed by atoms with E-state index in [0.717, 1.165) is 18.7 Å². The summed E-state index contributed by atoms with van der Waals surface area (Å²) in [5.41, 5.74) is 5.21. The van der Waals surface area contributed by atoms with Crippen molar-refractivity contribution in [2.24, 2.45) is 0 Å². The smallest absolute Gasteiger partial charge is 0.212 e. The summed E-state index contributed by atoms with van der Waals surface area (Å²) in [6, 6.07) is 10.3. The third-order valence-electron chi connectivity index (χ3n) is 3.37. The van der Waals surface area contributed by atoms with Crippen LogP contribution in [0.3, 0.4) is 0 Å². The van der Waals surface area contributed by atoms with Crippen LogP contribution in [0.5, 0.6) is 5.88 Å². The Bertz CT molecular complexity index is 535. The number of pyridine rings is 1. The summed E-state index contributed by atoms with van der Waals surface area (Å²) in [4.78, 5) is 4.19. The molecule has 19 heavy (non-hydrogen) atoms. The van der Waals surface area contributed by atoms with Crippen molar-refractivity contribution in [2.45, 2.75) is 26.9 Å². The highest BCUT2D eigenvalue weighted by Gasteiger charge is 2.00. The molecule has 1 heterocycles. The van der Waals surface area contributed by atoms with Gasteiger partial charge in [-0.1, -0.05) is 24.3 Å². The molecular formula is C16H20N2O. The van der Waals surface area contributed by atoms with Gasteiger partial charge in [-0.25, -0.2) is 4.98 Å². The Hall–Kier alpha value is -1.87. The van der Waals surface area contributed by atoms with Crippen molar-refractivity contribution in [3.63, 3.8) is 0 Å². The minimum atomic E-state index is 0.651. The largest absolute Gasteiger partial charge is 0.481 e. The average molecular weight is 256 g/mol. The summed E-state index contributed by atoms with van der Waals surface area (Å²) < 4.78 is 5.04. The number of nitrogens with one attached hydrogen (secondary N) is 1. The predicted octanol–water partition coefficient (Wildman–Crippen LogP) is 3.00. The van der Waals surface area contributed by atoms with E-state index in [1.54, 1.807) is 7.11 Å². The minimum absolute atomic E-state index is 0.651. The molecule has 100 valence electrons. The van der Waals surface area contributed by atoms with E-state index < -0.39 is 0 Å². The van der Waals surface area contributed by atoms with E-state index in [9.17, 15) is 0 Å². The maximum Gasteiger partial charge on any atom is 0.212 e. The van der Waals surface area contributed by atoms with Crippen LogP contribution in [0.25, 0.3) is 0 Å². The number of hydrogen-bond acceptors (Lipinski definition) is 3. The number of methoxy groups -OCH3 is 1. The Morgan fingerprint density at radius 1 is 1.11 bits per heavy atom. The molecule has 0 spiro atoms. The fraction of sp³-hybridized carbons (Fsp3) is 0.312. The standard InChI is InChI=1S/C16H20N2O/c1-12-5-4-6-15(13(12)2)11-17-9-14-7-8-16(19-3)18-10-14/h4-8,10,17H,9,11H2,1-3H3. The molecule has 0 fully saturated rings. The van der Waals surface area contributed by atoms with Gasteiger partial charge in [0.05, 0.1) is 7.11 Å². The molecule has 2 rings (SSSR count). The number of benzene rings is 1. The van der Waals surface area contributed by atoms with E-state index in [2.05, 4.69) is 42.3 Å². The van der Waals surface area contributed by atoms with Gasteiger partial charge in [-0.15, -0.1) is 0 Å². The molecule has 0 saturated heterocycles. The average Bonchev–Trinajstić information content (AvgIpc) is 2.44. The Morgan fingerprint density at radius 2 is 1.95 bits per heavy atom. The Labute approximate surface area is 114 Å². The molecule has 0 bridgehead atoms. The van der Waals surface area contributed by atoms with Crippen LogP contribution in [0.15, 0.2) is 36.5 Å². The van der Waals surface area contributed by atoms with Gasteiger partial charge in [0.2, 0.25) is 5.88 Å². The highest BCUT2D eigenvalue weighted by atomic mass is 16.5. The fourth-order valence-electron chi connectivity index (χ4n) is 1.98. The Kier molecular flexibility index (Phi) is 4.53. The van der Waals surface area contributed by atoms with Gasteiger partial charge in [0.25, 0.3) is 0 Å². The van der Waals surface area contributed by atoms with Crippen molar-refractivity contribution in [3.05, 3.63) is 58.8 Å². The molecule has 0 radical (unpaired) electrons. The maximum atomic E-state index is 5.04. The number of ether oxygens (including phenoxy) is 1. The summed E-state index contributed by atoms with van der Waals surface area (Å²) in [7, 11) is 1.63. The third kappa shape index (κ3) is 3.55. The fourth-order valence-corrected chi connectivity index (χ4v) is 1.98. The number of aryl methyl sites for hydroxylation is 1. The number of rotatable bonds is 5. The molecule has 0 amide bonds. The van der Waals surface area contributed by atoms with E-state index in [1.165, 1.54) is 16.7 Å². The first-order valence-corrected chi connectivity index (χ1v) is 6.45. The molecule has 0 saturated carbocycles. The van der Waals surface area contributed by atoms with Crippen molar-refractivity contribution in [1.82, 2.24) is 10.3 Å². The van der Waals surface area contributed by atoms with Crippen LogP contribution in [0.1, 0.15) is 22.3 Å². The van der Waals surface area contributed by atoms with Crippen LogP contribution in [0.4, 0.5) is 0 Å². The molecule has 0 aliphatic rings. The molecule has 2 aromatic rings. The van der Waals surface area contributed by atoms with Crippen LogP contribution < -0.4 is 10.1 Å². The van der Waals surface area contributed by atoms with E-state index >= 15 is 0 Å². The first kappa shape index (κ1) is 13.6. The van der Waals surface area contributed by atoms with Gasteiger partial charge >= 0.3 is 0 Å². The second-order valence-corrected chi connectivity index (χ2v) is 4.67. The zero-order valence-corrected chi connectivity index (χ0v) is 11.7. The summed E-state index contributed by atoms with van der Waals surface area (Å²) >= 11 is 0. The minimum Gasteiger partial charge on any atom is -0.481 e. The van der Waals surface area contributed by atoms with Gasteiger partial charge < -0.3 is 10.1 Å². The second-order valence-electron chi connectivity index (χ2n) is 4.67. The maximum absolute atomic E-state index is 5.04. The highest BCUT2D eigenvalue weighted by Crippen LogP contribution is 2.12. The van der Waals surface area contributed by atoms with Gasteiger partial charge in [0, 0.05) is 25.4 Å². The zero-order valence-electron chi connectivity index (χ0n) is 11.7. The molecule has 1 aromatic carbocycles. The van der Waals surface area contributed by atoms with Gasteiger partial charge in [-0.05, 0) is 36.1 Å². The van der Waals surface area contributed by atoms with E-state index in [1.807, 2.05) is 18.3 Å². The lowest BCUT2D eigenvalue weighted by Gasteiger charge is -2.10. The molecule has 3 heteroatoms. The van der Waals surface area contributed by atoms with Crippen LogP contribution in [-0.2, 0) is 13.1 Å². The normalized spacial score (nSPS) is 10.5. The Morgan fingerprint density at radius 3 is 2.63 bits per heavy atom. The van der Waals surface area contributed by atoms with Crippen molar-refractivity contribution in [2.75, 3.05) is 7.11 Å². The first-order chi connectivity index (χ1) is 9.20. The molecular weight excluding hydrogens is 236 g/mol. The van der Waals surface area contributed by atoms with Crippen molar-refractivity contribution in [1.29, 1.82) is 0 Å². The lowest BCUT2D eigenvalue weighted by molar-refractivity contribution is 0.397. The van der Waals surface area contributed by atoms with Crippen LogP contribution in [0.2, 0.25) is 0 Å². The molecule has 1 aromatic heterocycles. The van der Waals surface area contributed by atoms with Crippen molar-refractivity contribution in [3.8, 4) is 5.88 Å². The molecule has 0 unspecified atom stereocenters. The summed E-state index contributed by atoms with van der Waals surface area (Å²) in [5, 5.41) is 3.44. The van der Waals surface area contributed by atoms with Crippen molar-refractivity contribution < 1.29 is 4.74 Å². The predicted molar refractivity (Wildman–Crippen MR) is 77.2 cm³/mol. The second kappa shape index (κ2) is 6.34. The Balaban J connectivity index is 1.90. The van der Waals surface area contributed by atoms with Gasteiger partial charge in [0.1, 0.15) is 0 Å². The zero-order chi connectivity index (χ0) is 13.7. The van der Waals surface area contributed by atoms with Gasteiger partial charge in [0.15, 0.2) is 0 Å². The molecule has 0 aliphatic carbocycles. The lowest BCUT2D eigenvalue weighted by Crippen LogP contribution is -2.14. The van der Waals surface area contributed by atoms with Gasteiger partial charge in [-0.3, -0.25) is 0 Å². The molecule has 1 N–H and O–H groups in total. The highest BCUT2D eigenvalue weighted by molar-refractivity contribution is 5.33. The topological polar surface area (TPSA) is 34.1 Å². The molecule has 0 aliphatic heterocycles. The van der Waals surface area contributed by atoms with E-state index in [4.69, 9.17) is 4.74 Å². The van der Waals surface area contributed by atoms with Crippen molar-refractivity contribution >= 4 is 0 Å². The van der Waals surface area contributed by atoms with Crippen LogP contribution >= 0.6 is 0 Å². The quantitative estimate of drug-likeness (QED) is 0.893. The van der Waals surface area contributed by atoms with E-state index in [-0.39, 0.29) is 0 Å². The number of hydrogen-bond donors (Lipinski definition) is 1. The third-order valence-corrected chi connectivity index (χ3v) is 3.37. The molecule has 0 atom stereocenters. The van der Waals surface area contributed by atoms with Gasteiger partial charge in [-0.2, -0.15) is 0 Å². The van der Waals surface area contributed by atoms with Crippen LogP contribution in [-0.4, -0.2) is 12.1 Å². The summed E-state index contributed by atoms with van der Waals surface area (Å²) in [5.74, 6) is 0.651. The number of aromatic nitrogens is 1. The molecule has 3 nitrogen and oxygen atoms in total. The van der Waals surface area contributed by atoms with E-state index in [0.29, 0.717) is 5.88 Å². The SMILES string of the molecule is COc1ccc(CNCc2cccc(C)c2C)cn1. The lowest BCUT2D eigenvalue weighted by atomic mass is 10.0.